The number of rotatable bonds is 3. The van der Waals surface area contributed by atoms with Crippen LogP contribution in [0, 0.1) is 22.7 Å². The summed E-state index contributed by atoms with van der Waals surface area (Å²) < 4.78 is 2.31. The minimum absolute atomic E-state index is 0.00619. The van der Waals surface area contributed by atoms with Crippen LogP contribution < -0.4 is 21.5 Å². The van der Waals surface area contributed by atoms with Gasteiger partial charge in [-0.25, -0.2) is 4.79 Å². The van der Waals surface area contributed by atoms with Gasteiger partial charge in [0.15, 0.2) is 5.56 Å². The number of nitrogens with one attached hydrogen (secondary N) is 1. The monoisotopic (exact) mass is 361 g/mol. The highest BCUT2D eigenvalue weighted by Crippen LogP contribution is 2.23. The van der Waals surface area contributed by atoms with Crippen LogP contribution in [0.1, 0.15) is 39.2 Å². The summed E-state index contributed by atoms with van der Waals surface area (Å²) in [6, 6.07) is 1.95. The molecule has 1 amide bonds. The molecule has 1 saturated heterocycles. The fraction of sp³-hybridized carbons (Fsp3) is 0.667. The highest BCUT2D eigenvalue weighted by molar-refractivity contribution is 5.81. The summed E-state index contributed by atoms with van der Waals surface area (Å²) in [5.74, 6) is 0.557. The number of nitriles is 1. The number of hydrogen-bond donors (Lipinski definition) is 1. The lowest BCUT2D eigenvalue weighted by molar-refractivity contribution is -0.128. The molecule has 0 aromatic carbocycles. The van der Waals surface area contributed by atoms with Crippen molar-refractivity contribution in [2.75, 3.05) is 24.5 Å². The molecule has 0 bridgehead atoms. The fourth-order valence-electron chi connectivity index (χ4n) is 3.23. The lowest BCUT2D eigenvalue weighted by Gasteiger charge is -2.35. The van der Waals surface area contributed by atoms with Crippen LogP contribution in [-0.2, 0) is 18.9 Å². The Bertz CT molecular complexity index is 854. The number of anilines is 1. The molecule has 1 aromatic heterocycles. The summed E-state index contributed by atoms with van der Waals surface area (Å²) in [4.78, 5) is 38.5. The van der Waals surface area contributed by atoms with Gasteiger partial charge in [-0.1, -0.05) is 20.8 Å². The first-order valence-electron chi connectivity index (χ1n) is 8.81. The summed E-state index contributed by atoms with van der Waals surface area (Å²) in [5, 5.41) is 12.4. The van der Waals surface area contributed by atoms with Crippen molar-refractivity contribution in [3.05, 3.63) is 26.4 Å². The second kappa shape index (κ2) is 7.36. The van der Waals surface area contributed by atoms with E-state index in [9.17, 15) is 19.6 Å². The van der Waals surface area contributed by atoms with Crippen molar-refractivity contribution >= 4 is 11.7 Å². The summed E-state index contributed by atoms with van der Waals surface area (Å²) in [7, 11) is 2.94. The van der Waals surface area contributed by atoms with Crippen LogP contribution in [-0.4, -0.2) is 34.7 Å². The molecule has 2 rings (SSSR count). The summed E-state index contributed by atoms with van der Waals surface area (Å²) in [6.45, 7) is 7.38. The number of carbonyl (C=O) groups excluding carboxylic acids is 1. The second-order valence-corrected chi connectivity index (χ2v) is 7.93. The molecule has 8 heteroatoms. The van der Waals surface area contributed by atoms with E-state index in [4.69, 9.17) is 0 Å². The Morgan fingerprint density at radius 3 is 2.50 bits per heavy atom. The van der Waals surface area contributed by atoms with E-state index < -0.39 is 16.7 Å². The molecule has 1 fully saturated rings. The molecule has 1 unspecified atom stereocenters. The van der Waals surface area contributed by atoms with E-state index in [0.717, 1.165) is 17.4 Å². The standard InChI is InChI=1S/C18H27N5O3/c1-18(2,3)16(25)20-10-12-7-6-8-23(11-12)14-13(9-19)15(24)22(5)17(26)21(14)4/h12H,6-8,10-11H2,1-5H3,(H,20,25). The number of carbonyl (C=O) groups is 1. The average Bonchev–Trinajstić information content (AvgIpc) is 2.60. The van der Waals surface area contributed by atoms with Gasteiger partial charge in [0.2, 0.25) is 5.91 Å². The molecule has 1 N–H and O–H groups in total. The SMILES string of the molecule is Cn1c(N2CCCC(CNC(=O)C(C)(C)C)C2)c(C#N)c(=O)n(C)c1=O. The van der Waals surface area contributed by atoms with Crippen molar-refractivity contribution < 1.29 is 4.79 Å². The average molecular weight is 361 g/mol. The molecule has 1 aromatic rings. The van der Waals surface area contributed by atoms with Crippen LogP contribution in [0.3, 0.4) is 0 Å². The molecular weight excluding hydrogens is 334 g/mol. The van der Waals surface area contributed by atoms with E-state index >= 15 is 0 Å². The minimum Gasteiger partial charge on any atom is -0.356 e. The Morgan fingerprint density at radius 2 is 1.92 bits per heavy atom. The Morgan fingerprint density at radius 1 is 1.27 bits per heavy atom. The Hall–Kier alpha value is -2.56. The fourth-order valence-corrected chi connectivity index (χ4v) is 3.23. The largest absolute Gasteiger partial charge is 0.356 e. The lowest BCUT2D eigenvalue weighted by Crippen LogP contribution is -2.47. The summed E-state index contributed by atoms with van der Waals surface area (Å²) in [6.07, 6.45) is 1.81. The third kappa shape index (κ3) is 3.82. The zero-order valence-corrected chi connectivity index (χ0v) is 16.1. The Balaban J connectivity index is 2.26. The molecule has 142 valence electrons. The maximum atomic E-state index is 12.3. The number of aromatic nitrogens is 2. The molecular formula is C18H27N5O3. The maximum Gasteiger partial charge on any atom is 0.332 e. The molecule has 1 atom stereocenters. The first-order valence-corrected chi connectivity index (χ1v) is 8.81. The van der Waals surface area contributed by atoms with Gasteiger partial charge in [0, 0.05) is 39.1 Å². The van der Waals surface area contributed by atoms with E-state index in [1.54, 1.807) is 7.05 Å². The van der Waals surface area contributed by atoms with Gasteiger partial charge < -0.3 is 10.2 Å². The van der Waals surface area contributed by atoms with Gasteiger partial charge in [0.05, 0.1) is 0 Å². The Labute approximate surface area is 153 Å². The summed E-state index contributed by atoms with van der Waals surface area (Å²) >= 11 is 0. The third-order valence-electron chi connectivity index (χ3n) is 4.80. The van der Waals surface area contributed by atoms with Crippen LogP contribution in [0.2, 0.25) is 0 Å². The third-order valence-corrected chi connectivity index (χ3v) is 4.80. The second-order valence-electron chi connectivity index (χ2n) is 7.93. The van der Waals surface area contributed by atoms with Crippen LogP contribution in [0.5, 0.6) is 0 Å². The minimum atomic E-state index is -0.575. The molecule has 8 nitrogen and oxygen atoms in total. The highest BCUT2D eigenvalue weighted by Gasteiger charge is 2.28. The van der Waals surface area contributed by atoms with Crippen molar-refractivity contribution in [1.29, 1.82) is 5.26 Å². The zero-order chi connectivity index (χ0) is 19.6. The lowest BCUT2D eigenvalue weighted by atomic mass is 9.94. The first kappa shape index (κ1) is 19.8. The topological polar surface area (TPSA) is 100 Å². The van der Waals surface area contributed by atoms with Crippen LogP contribution >= 0.6 is 0 Å². The molecule has 0 radical (unpaired) electrons. The maximum absolute atomic E-state index is 12.3. The van der Waals surface area contributed by atoms with Crippen molar-refractivity contribution in [3.8, 4) is 6.07 Å². The van der Waals surface area contributed by atoms with Gasteiger partial charge in [0.1, 0.15) is 11.9 Å². The number of nitrogens with zero attached hydrogens (tertiary/aromatic N) is 4. The van der Waals surface area contributed by atoms with Gasteiger partial charge >= 0.3 is 5.69 Å². The highest BCUT2D eigenvalue weighted by atomic mass is 16.2. The predicted octanol–water partition coefficient (Wildman–Crippen LogP) is 0.334. The first-order chi connectivity index (χ1) is 12.1. The van der Waals surface area contributed by atoms with Crippen molar-refractivity contribution in [3.63, 3.8) is 0 Å². The van der Waals surface area contributed by atoms with Crippen LogP contribution in [0.4, 0.5) is 5.82 Å². The van der Waals surface area contributed by atoms with Gasteiger partial charge in [-0.3, -0.25) is 18.7 Å². The van der Waals surface area contributed by atoms with Crippen molar-refractivity contribution in [2.24, 2.45) is 25.4 Å². The van der Waals surface area contributed by atoms with Gasteiger partial charge in [-0.15, -0.1) is 0 Å². The van der Waals surface area contributed by atoms with Gasteiger partial charge in [-0.05, 0) is 18.8 Å². The summed E-state index contributed by atoms with van der Waals surface area (Å²) in [5.41, 5.74) is -1.49. The zero-order valence-electron chi connectivity index (χ0n) is 16.1. The van der Waals surface area contributed by atoms with Gasteiger partial charge in [-0.2, -0.15) is 5.26 Å². The molecule has 1 aliphatic rings. The quantitative estimate of drug-likeness (QED) is 0.836. The van der Waals surface area contributed by atoms with E-state index in [2.05, 4.69) is 5.32 Å². The van der Waals surface area contributed by atoms with Crippen molar-refractivity contribution in [2.45, 2.75) is 33.6 Å². The van der Waals surface area contributed by atoms with E-state index in [-0.39, 0.29) is 17.4 Å². The molecule has 26 heavy (non-hydrogen) atoms. The number of piperidine rings is 1. The molecule has 0 spiro atoms. The van der Waals surface area contributed by atoms with E-state index in [1.807, 2.05) is 31.7 Å². The normalized spacial score (nSPS) is 17.7. The Kier molecular flexibility index (Phi) is 5.59. The predicted molar refractivity (Wildman–Crippen MR) is 99.0 cm³/mol. The molecule has 2 heterocycles. The molecule has 0 saturated carbocycles. The van der Waals surface area contributed by atoms with Gasteiger partial charge in [0.25, 0.3) is 5.56 Å². The molecule has 0 aliphatic carbocycles. The van der Waals surface area contributed by atoms with Crippen LogP contribution in [0.15, 0.2) is 9.59 Å². The van der Waals surface area contributed by atoms with Crippen molar-refractivity contribution in [1.82, 2.24) is 14.5 Å². The van der Waals surface area contributed by atoms with Crippen LogP contribution in [0.25, 0.3) is 0 Å². The number of amides is 1. The molecule has 1 aliphatic heterocycles. The van der Waals surface area contributed by atoms with E-state index in [0.29, 0.717) is 25.5 Å². The number of hydrogen-bond acceptors (Lipinski definition) is 5. The van der Waals surface area contributed by atoms with E-state index in [1.165, 1.54) is 11.6 Å². The smallest absolute Gasteiger partial charge is 0.332 e.